The number of rotatable bonds is 25. The quantitative estimate of drug-likeness (QED) is 0.0264. The van der Waals surface area contributed by atoms with Gasteiger partial charge >= 0.3 is 5.97 Å². The van der Waals surface area contributed by atoms with Crippen molar-refractivity contribution in [1.82, 2.24) is 35.6 Å². The van der Waals surface area contributed by atoms with Gasteiger partial charge in [0.1, 0.15) is 42.3 Å². The molecule has 28 heteroatoms. The highest BCUT2D eigenvalue weighted by molar-refractivity contribution is 5.99. The lowest BCUT2D eigenvalue weighted by Crippen LogP contribution is -2.62. The Morgan fingerprint density at radius 2 is 1.29 bits per heavy atom. The van der Waals surface area contributed by atoms with Crippen molar-refractivity contribution in [3.8, 4) is 0 Å². The molecule has 1 spiro atoms. The lowest BCUT2D eigenvalue weighted by Gasteiger charge is -2.44. The molecule has 452 valence electrons. The van der Waals surface area contributed by atoms with Gasteiger partial charge in [-0.3, -0.25) is 48.5 Å². The lowest BCUT2D eigenvalue weighted by molar-refractivity contribution is -0.153. The molecule has 0 bridgehead atoms. The average Bonchev–Trinajstić information content (AvgIpc) is 2.37. The van der Waals surface area contributed by atoms with E-state index in [4.69, 9.17) is 40.1 Å². The number of aliphatic hydroxyl groups excluding tert-OH is 1. The zero-order valence-corrected chi connectivity index (χ0v) is 46.9. The molecule has 1 saturated carbocycles. The van der Waals surface area contributed by atoms with Gasteiger partial charge in [-0.15, -0.1) is 0 Å². The number of piperidine rings is 1. The first-order chi connectivity index (χ1) is 39.7. The number of hydrogen-bond donors (Lipinski definition) is 12. The van der Waals surface area contributed by atoms with Crippen molar-refractivity contribution in [2.24, 2.45) is 61.0 Å². The van der Waals surface area contributed by atoms with E-state index in [-0.39, 0.29) is 127 Å². The largest absolute Gasteiger partial charge is 0.480 e. The Kier molecular flexibility index (Phi) is 21.5. The second-order valence-corrected chi connectivity index (χ2v) is 22.0. The number of carboxylic acid groups (broad SMARTS) is 1. The Bertz CT molecular complexity index is 2750. The number of nitrogens with one attached hydrogen (secondary N) is 3. The van der Waals surface area contributed by atoms with Crippen molar-refractivity contribution in [3.63, 3.8) is 0 Å². The molecule has 0 radical (unpaired) electrons. The third kappa shape index (κ3) is 15.4. The normalized spacial score (nSPS) is 21.3. The van der Waals surface area contributed by atoms with Crippen LogP contribution in [0, 0.1) is 5.92 Å². The Morgan fingerprint density at radius 1 is 0.699 bits per heavy atom. The van der Waals surface area contributed by atoms with Crippen molar-refractivity contribution < 1.29 is 48.6 Å². The van der Waals surface area contributed by atoms with Crippen LogP contribution in [0.5, 0.6) is 0 Å². The fourth-order valence-electron chi connectivity index (χ4n) is 12.3. The number of aliphatic imine (C=N–C) groups is 3. The molecule has 0 unspecified atom stereocenters. The minimum absolute atomic E-state index is 0.0258. The van der Waals surface area contributed by atoms with E-state index in [2.05, 4.69) is 30.9 Å². The van der Waals surface area contributed by atoms with Crippen molar-refractivity contribution in [3.05, 3.63) is 65.7 Å². The van der Waals surface area contributed by atoms with E-state index in [9.17, 15) is 43.8 Å². The number of aliphatic carboxylic acids is 1. The number of nitrogens with two attached hydrogens (primary N) is 7. The van der Waals surface area contributed by atoms with E-state index >= 15 is 4.79 Å². The number of carbonyl (C=O) groups excluding carboxylic acids is 7. The second kappa shape index (κ2) is 28.6. The predicted molar refractivity (Wildman–Crippen MR) is 308 cm³/mol. The Hall–Kier alpha value is -8.27. The molecule has 28 nitrogen and oxygen atoms in total. The number of benzene rings is 2. The third-order valence-electron chi connectivity index (χ3n) is 16.5. The fraction of sp³-hybridized carbons (Fsp3) is 0.582. The van der Waals surface area contributed by atoms with Crippen LogP contribution in [0.3, 0.4) is 0 Å². The van der Waals surface area contributed by atoms with E-state index in [0.29, 0.717) is 31.4 Å². The van der Waals surface area contributed by atoms with Crippen molar-refractivity contribution >= 4 is 70.9 Å². The van der Waals surface area contributed by atoms with Gasteiger partial charge in [0.05, 0.1) is 19.3 Å². The third-order valence-corrected chi connectivity index (χ3v) is 16.5. The highest BCUT2D eigenvalue weighted by Crippen LogP contribution is 2.42. The van der Waals surface area contributed by atoms with E-state index in [1.807, 2.05) is 53.4 Å². The van der Waals surface area contributed by atoms with Crippen LogP contribution in [0.1, 0.15) is 94.6 Å². The van der Waals surface area contributed by atoms with Crippen molar-refractivity contribution in [1.29, 1.82) is 0 Å². The Labute approximate surface area is 482 Å². The van der Waals surface area contributed by atoms with Gasteiger partial charge in [0.15, 0.2) is 17.9 Å². The fourth-order valence-corrected chi connectivity index (χ4v) is 12.3. The number of para-hydroxylation sites is 1. The van der Waals surface area contributed by atoms with E-state index < -0.39 is 96.4 Å². The number of aliphatic hydroxyl groups is 1. The monoisotopic (exact) mass is 1150 g/mol. The first-order valence-corrected chi connectivity index (χ1v) is 28.5. The summed E-state index contributed by atoms with van der Waals surface area (Å²) >= 11 is 0. The maximum atomic E-state index is 15.3. The Morgan fingerprint density at radius 3 is 1.90 bits per heavy atom. The summed E-state index contributed by atoms with van der Waals surface area (Å²) in [6.45, 7) is -0.652. The van der Waals surface area contributed by atoms with Gasteiger partial charge in [0, 0.05) is 57.4 Å². The van der Waals surface area contributed by atoms with Gasteiger partial charge in [-0.25, -0.2) is 4.79 Å². The summed E-state index contributed by atoms with van der Waals surface area (Å²) in [5.74, 6) is -5.65. The lowest BCUT2D eigenvalue weighted by atomic mass is 9.84. The molecule has 7 amide bonds. The number of amides is 7. The molecule has 7 rings (SSSR count). The zero-order valence-electron chi connectivity index (χ0n) is 46.9. The first kappa shape index (κ1) is 62.3. The summed E-state index contributed by atoms with van der Waals surface area (Å²) in [6, 6.07) is 9.07. The maximum Gasteiger partial charge on any atom is 0.326 e. The number of guanidine groups is 3. The summed E-state index contributed by atoms with van der Waals surface area (Å²) in [5.41, 5.74) is 40.0. The summed E-state index contributed by atoms with van der Waals surface area (Å²) in [5, 5.41) is 29.1. The molecular weight excluding hydrogens is 1070 g/mol. The molecule has 0 aromatic heterocycles. The number of anilines is 1. The molecule has 4 aliphatic heterocycles. The average molecular weight is 1160 g/mol. The minimum Gasteiger partial charge on any atom is -0.480 e. The molecule has 1 aliphatic carbocycles. The highest BCUT2D eigenvalue weighted by Gasteiger charge is 2.55. The SMILES string of the molecule is NC(N)=NCCC[C@@H](N)C(=O)N[C@@H](CCCN=C(N)N)C(=O)N1CCC2(CC1)C(=O)N(CC(=O)N[C@@H](CO)C(=O)N1Cc3ccccc3C[C@@H]1C(=O)N1[C@H](C(=O)N[C@@H](CCCN=C(N)N)C(=O)O)C[C@@H]3CCCC[C@@H]31)CN2c1ccccc1. The van der Waals surface area contributed by atoms with Gasteiger partial charge in [-0.05, 0) is 99.8 Å². The molecule has 2 aromatic carbocycles. The summed E-state index contributed by atoms with van der Waals surface area (Å²) in [7, 11) is 0. The number of hydrogen-bond acceptors (Lipinski definition) is 14. The van der Waals surface area contributed by atoms with Crippen LogP contribution in [0.2, 0.25) is 0 Å². The van der Waals surface area contributed by atoms with E-state index in [0.717, 1.165) is 30.4 Å². The number of likely N-dealkylation sites (tertiary alicyclic amines) is 2. The minimum atomic E-state index is -1.56. The molecule has 3 saturated heterocycles. The van der Waals surface area contributed by atoms with Gasteiger partial charge in [-0.1, -0.05) is 55.3 Å². The van der Waals surface area contributed by atoms with Gasteiger partial charge in [0.25, 0.3) is 5.91 Å². The first-order valence-electron chi connectivity index (χ1n) is 28.5. The molecule has 4 fully saturated rings. The summed E-state index contributed by atoms with van der Waals surface area (Å²) in [4.78, 5) is 133. The smallest absolute Gasteiger partial charge is 0.326 e. The molecular formula is C55H82N18O10. The Balaban J connectivity index is 1.06. The van der Waals surface area contributed by atoms with E-state index in [1.165, 1.54) is 9.80 Å². The maximum absolute atomic E-state index is 15.3. The van der Waals surface area contributed by atoms with Crippen LogP contribution in [0.4, 0.5) is 5.69 Å². The highest BCUT2D eigenvalue weighted by atomic mass is 16.4. The molecule has 19 N–H and O–H groups in total. The number of carboxylic acids is 1. The summed E-state index contributed by atoms with van der Waals surface area (Å²) < 4.78 is 0. The molecule has 5 aliphatic rings. The van der Waals surface area contributed by atoms with Crippen LogP contribution in [-0.4, -0.2) is 195 Å². The number of nitrogens with zero attached hydrogens (tertiary/aromatic N) is 8. The van der Waals surface area contributed by atoms with Gasteiger partial charge in [0.2, 0.25) is 35.4 Å². The molecule has 2 aromatic rings. The van der Waals surface area contributed by atoms with Gasteiger partial charge in [-0.2, -0.15) is 0 Å². The summed E-state index contributed by atoms with van der Waals surface area (Å²) in [6.07, 6.45) is 5.18. The molecule has 8 atom stereocenters. The van der Waals surface area contributed by atoms with Crippen LogP contribution in [-0.2, 0) is 51.3 Å². The van der Waals surface area contributed by atoms with Crippen LogP contribution < -0.4 is 61.0 Å². The van der Waals surface area contributed by atoms with Gasteiger partial charge < -0.3 is 90.8 Å². The van der Waals surface area contributed by atoms with Crippen LogP contribution in [0.15, 0.2) is 69.6 Å². The molecule has 4 heterocycles. The van der Waals surface area contributed by atoms with Crippen molar-refractivity contribution in [2.45, 2.75) is 144 Å². The van der Waals surface area contributed by atoms with Crippen LogP contribution in [0.25, 0.3) is 0 Å². The van der Waals surface area contributed by atoms with Crippen LogP contribution >= 0.6 is 0 Å². The van der Waals surface area contributed by atoms with E-state index in [1.54, 1.807) is 15.9 Å². The zero-order chi connectivity index (χ0) is 60.0. The van der Waals surface area contributed by atoms with Crippen molar-refractivity contribution in [2.75, 3.05) is 57.4 Å². The second-order valence-electron chi connectivity index (χ2n) is 22.0. The number of fused-ring (bicyclic) bond motifs is 2. The standard InChI is InChI=1S/C55H82N18O10/c56-37(16-8-22-63-52(57)58)45(76)67-38(17-9-23-64-53(59)60)47(78)69-25-20-55(21-26-69)51(83)70(32-72(55)36-14-2-1-3-15-36)30-44(75)66-40(31-74)48(79)71-29-35-13-5-4-11-33(35)27-43(71)49(80)73-41-19-7-6-12-34(41)28-42(73)46(77)68-39(50(81)82)18-10-24-65-54(61)62/h1-5,11,13-15,34,37-43,74H,6-10,12,16-32,56H2,(H,66,75)(H,67,76)(H,68,77)(H,81,82)(H4,57,58,63)(H4,59,60,64)(H4,61,62,65)/t34-,37+,38-,39-,40-,41-,42-,43+/m0/s1. The number of carbonyl (C=O) groups is 8. The molecule has 83 heavy (non-hydrogen) atoms. The predicted octanol–water partition coefficient (Wildman–Crippen LogP) is -3.21. The topological polar surface area (TPSA) is 449 Å².